The Labute approximate surface area is 137 Å². The highest BCUT2D eigenvalue weighted by Gasteiger charge is 2.39. The first-order valence-electron chi connectivity index (χ1n) is 7.21. The summed E-state index contributed by atoms with van der Waals surface area (Å²) in [5.74, 6) is -1.46. The molecule has 0 saturated heterocycles. The molecular formula is C15H15ClN4O3. The Morgan fingerprint density at radius 3 is 2.78 bits per heavy atom. The van der Waals surface area contributed by atoms with Crippen LogP contribution in [0, 0.1) is 0 Å². The fraction of sp³-hybridized carbons (Fsp3) is 0.333. The van der Waals surface area contributed by atoms with Gasteiger partial charge in [0, 0.05) is 11.1 Å². The molecule has 0 aliphatic heterocycles. The number of benzene rings is 1. The molecule has 0 bridgehead atoms. The number of amides is 1. The van der Waals surface area contributed by atoms with Gasteiger partial charge in [0.25, 0.3) is 5.91 Å². The zero-order chi connectivity index (χ0) is 16.6. The summed E-state index contributed by atoms with van der Waals surface area (Å²) in [6, 6.07) is 6.05. The number of carbonyl (C=O) groups excluding carboxylic acids is 1. The van der Waals surface area contributed by atoms with Gasteiger partial charge in [0.15, 0.2) is 5.69 Å². The number of rotatable bonds is 5. The molecule has 1 N–H and O–H groups in total. The van der Waals surface area contributed by atoms with Crippen molar-refractivity contribution in [3.8, 4) is 5.69 Å². The van der Waals surface area contributed by atoms with E-state index in [1.807, 2.05) is 0 Å². The summed E-state index contributed by atoms with van der Waals surface area (Å²) >= 11 is 5.94. The minimum Gasteiger partial charge on any atom is -0.480 e. The van der Waals surface area contributed by atoms with Crippen molar-refractivity contribution in [3.05, 3.63) is 41.2 Å². The summed E-state index contributed by atoms with van der Waals surface area (Å²) in [5, 5.41) is 17.5. The van der Waals surface area contributed by atoms with E-state index in [0.717, 1.165) is 12.8 Å². The van der Waals surface area contributed by atoms with Crippen LogP contribution in [0.4, 0.5) is 0 Å². The van der Waals surface area contributed by atoms with E-state index >= 15 is 0 Å². The minimum absolute atomic E-state index is 0.0371. The normalized spacial score (nSPS) is 15.2. The minimum atomic E-state index is -1.03. The van der Waals surface area contributed by atoms with E-state index in [1.54, 1.807) is 24.3 Å². The van der Waals surface area contributed by atoms with Crippen molar-refractivity contribution in [3.63, 3.8) is 0 Å². The van der Waals surface area contributed by atoms with Gasteiger partial charge in [-0.2, -0.15) is 0 Å². The Bertz CT molecular complexity index is 757. The number of hydrogen-bond acceptors (Lipinski definition) is 4. The summed E-state index contributed by atoms with van der Waals surface area (Å²) in [6.45, 7) is 1.50. The van der Waals surface area contributed by atoms with Gasteiger partial charge in [-0.25, -0.2) is 9.48 Å². The van der Waals surface area contributed by atoms with E-state index in [4.69, 9.17) is 11.6 Å². The molecule has 1 aliphatic carbocycles. The SMILES string of the molecule is CC(C(=O)O)N(C(=O)c1cn(-c2cccc(Cl)c2)nn1)C1CC1. The lowest BCUT2D eigenvalue weighted by Crippen LogP contribution is -2.44. The number of carboxylic acids is 1. The van der Waals surface area contributed by atoms with Crippen LogP contribution in [0.5, 0.6) is 0 Å². The van der Waals surface area contributed by atoms with Crippen molar-refractivity contribution in [2.24, 2.45) is 0 Å². The maximum atomic E-state index is 12.6. The number of carboxylic acid groups (broad SMARTS) is 1. The standard InChI is InChI=1S/C15H15ClN4O3/c1-9(15(22)23)20(11-5-6-11)14(21)13-8-19(18-17-13)12-4-2-3-10(16)7-12/h2-4,7-9,11H,5-6H2,1H3,(H,22,23). The second-order valence-electron chi connectivity index (χ2n) is 5.49. The number of hydrogen-bond donors (Lipinski definition) is 1. The average molecular weight is 335 g/mol. The number of aromatic nitrogens is 3. The highest BCUT2D eigenvalue weighted by atomic mass is 35.5. The largest absolute Gasteiger partial charge is 0.480 e. The van der Waals surface area contributed by atoms with E-state index in [2.05, 4.69) is 10.3 Å². The molecule has 1 aliphatic rings. The van der Waals surface area contributed by atoms with Crippen LogP contribution in [0.25, 0.3) is 5.69 Å². The fourth-order valence-corrected chi connectivity index (χ4v) is 2.55. The molecule has 1 aromatic carbocycles. The van der Waals surface area contributed by atoms with Crippen molar-refractivity contribution < 1.29 is 14.7 Å². The van der Waals surface area contributed by atoms with Crippen LogP contribution in [0.2, 0.25) is 5.02 Å². The number of halogens is 1. The summed E-state index contributed by atoms with van der Waals surface area (Å²) in [5.41, 5.74) is 0.790. The molecule has 0 spiro atoms. The monoisotopic (exact) mass is 334 g/mol. The topological polar surface area (TPSA) is 88.3 Å². The quantitative estimate of drug-likeness (QED) is 0.903. The molecular weight excluding hydrogens is 320 g/mol. The second kappa shape index (κ2) is 6.00. The third kappa shape index (κ3) is 3.19. The van der Waals surface area contributed by atoms with Gasteiger partial charge < -0.3 is 10.0 Å². The molecule has 1 saturated carbocycles. The Balaban J connectivity index is 1.86. The van der Waals surface area contributed by atoms with Crippen LogP contribution in [-0.2, 0) is 4.79 Å². The lowest BCUT2D eigenvalue weighted by molar-refractivity contribution is -0.141. The molecule has 7 nitrogen and oxygen atoms in total. The van der Waals surface area contributed by atoms with E-state index in [9.17, 15) is 14.7 Å². The van der Waals surface area contributed by atoms with Gasteiger partial charge in [0.05, 0.1) is 11.9 Å². The summed E-state index contributed by atoms with van der Waals surface area (Å²) in [6.07, 6.45) is 3.11. The smallest absolute Gasteiger partial charge is 0.326 e. The summed E-state index contributed by atoms with van der Waals surface area (Å²) < 4.78 is 1.44. The Kier molecular flexibility index (Phi) is 4.04. The van der Waals surface area contributed by atoms with Gasteiger partial charge in [-0.15, -0.1) is 5.10 Å². The van der Waals surface area contributed by atoms with Gasteiger partial charge in [-0.3, -0.25) is 4.79 Å². The van der Waals surface area contributed by atoms with E-state index in [0.29, 0.717) is 10.7 Å². The van der Waals surface area contributed by atoms with E-state index in [1.165, 1.54) is 22.7 Å². The van der Waals surface area contributed by atoms with Crippen LogP contribution in [0.3, 0.4) is 0 Å². The predicted molar refractivity (Wildman–Crippen MR) is 82.7 cm³/mol. The van der Waals surface area contributed by atoms with Crippen LogP contribution < -0.4 is 0 Å². The van der Waals surface area contributed by atoms with Crippen molar-refractivity contribution in [1.82, 2.24) is 19.9 Å². The summed E-state index contributed by atoms with van der Waals surface area (Å²) in [7, 11) is 0. The highest BCUT2D eigenvalue weighted by Crippen LogP contribution is 2.30. The maximum absolute atomic E-state index is 12.6. The fourth-order valence-electron chi connectivity index (χ4n) is 2.37. The number of aliphatic carboxylic acids is 1. The molecule has 23 heavy (non-hydrogen) atoms. The Hall–Kier alpha value is -2.41. The van der Waals surface area contributed by atoms with Gasteiger partial charge in [-0.1, -0.05) is 22.9 Å². The van der Waals surface area contributed by atoms with Crippen molar-refractivity contribution in [2.45, 2.75) is 31.8 Å². The van der Waals surface area contributed by atoms with E-state index in [-0.39, 0.29) is 11.7 Å². The molecule has 1 amide bonds. The zero-order valence-corrected chi connectivity index (χ0v) is 13.1. The van der Waals surface area contributed by atoms with Gasteiger partial charge >= 0.3 is 5.97 Å². The molecule has 3 rings (SSSR count). The third-order valence-electron chi connectivity index (χ3n) is 3.73. The maximum Gasteiger partial charge on any atom is 0.326 e. The first-order valence-corrected chi connectivity index (χ1v) is 7.59. The Morgan fingerprint density at radius 2 is 2.17 bits per heavy atom. The van der Waals surface area contributed by atoms with E-state index < -0.39 is 17.9 Å². The van der Waals surface area contributed by atoms with Crippen LogP contribution in [0.15, 0.2) is 30.5 Å². The first-order chi connectivity index (χ1) is 11.0. The van der Waals surface area contributed by atoms with Crippen LogP contribution in [-0.4, -0.2) is 49.0 Å². The molecule has 0 radical (unpaired) electrons. The van der Waals surface area contributed by atoms with Crippen LogP contribution >= 0.6 is 11.6 Å². The molecule has 1 aromatic heterocycles. The highest BCUT2D eigenvalue weighted by molar-refractivity contribution is 6.30. The molecule has 1 atom stereocenters. The number of carbonyl (C=O) groups is 2. The van der Waals surface area contributed by atoms with Crippen molar-refractivity contribution >= 4 is 23.5 Å². The summed E-state index contributed by atoms with van der Waals surface area (Å²) in [4.78, 5) is 25.2. The second-order valence-corrected chi connectivity index (χ2v) is 5.92. The van der Waals surface area contributed by atoms with Crippen molar-refractivity contribution in [2.75, 3.05) is 0 Å². The van der Waals surface area contributed by atoms with Gasteiger partial charge in [-0.05, 0) is 38.0 Å². The lowest BCUT2D eigenvalue weighted by Gasteiger charge is -2.25. The first kappa shape index (κ1) is 15.5. The number of nitrogens with zero attached hydrogens (tertiary/aromatic N) is 4. The van der Waals surface area contributed by atoms with Gasteiger partial charge in [0.2, 0.25) is 0 Å². The molecule has 1 unspecified atom stereocenters. The average Bonchev–Trinajstić information content (AvgIpc) is 3.22. The zero-order valence-electron chi connectivity index (χ0n) is 12.4. The molecule has 1 heterocycles. The third-order valence-corrected chi connectivity index (χ3v) is 3.97. The van der Waals surface area contributed by atoms with Crippen molar-refractivity contribution in [1.29, 1.82) is 0 Å². The van der Waals surface area contributed by atoms with Crippen LogP contribution in [0.1, 0.15) is 30.3 Å². The predicted octanol–water partition coefficient (Wildman–Crippen LogP) is 2.00. The Morgan fingerprint density at radius 1 is 1.43 bits per heavy atom. The lowest BCUT2D eigenvalue weighted by atomic mass is 10.2. The molecule has 1 fully saturated rings. The molecule has 2 aromatic rings. The molecule has 120 valence electrons. The molecule has 8 heteroatoms. The van der Waals surface area contributed by atoms with Gasteiger partial charge in [0.1, 0.15) is 6.04 Å².